The van der Waals surface area contributed by atoms with Crippen LogP contribution in [0.2, 0.25) is 5.28 Å². The predicted molar refractivity (Wildman–Crippen MR) is 93.1 cm³/mol. The average Bonchev–Trinajstić information content (AvgIpc) is 2.87. The van der Waals surface area contributed by atoms with Gasteiger partial charge in [0.25, 0.3) is 5.91 Å². The second-order valence-corrected chi connectivity index (χ2v) is 5.58. The Hall–Kier alpha value is -2.86. The first kappa shape index (κ1) is 16.0. The lowest BCUT2D eigenvalue weighted by Gasteiger charge is -2.07. The van der Waals surface area contributed by atoms with Crippen LogP contribution in [-0.2, 0) is 11.8 Å². The van der Waals surface area contributed by atoms with Gasteiger partial charge in [0.05, 0.1) is 17.6 Å². The standard InChI is InChI=1S/C17H15ClN4O2/c1-22-14-9-11(7-8-13(14)21-17(22)18)16(24)19-10-15(23)20-12-5-3-2-4-6-12/h2-9H,10H2,1H3,(H,19,24)(H,20,23). The molecule has 0 spiro atoms. The molecule has 0 saturated carbocycles. The Balaban J connectivity index is 1.64. The molecule has 3 rings (SSSR count). The zero-order valence-electron chi connectivity index (χ0n) is 12.9. The Bertz CT molecular complexity index is 906. The predicted octanol–water partition coefficient (Wildman–Crippen LogP) is 2.60. The molecule has 0 bridgehead atoms. The molecule has 0 saturated heterocycles. The molecule has 7 heteroatoms. The van der Waals surface area contributed by atoms with Gasteiger partial charge in [-0.25, -0.2) is 4.98 Å². The molecule has 6 nitrogen and oxygen atoms in total. The molecule has 2 N–H and O–H groups in total. The van der Waals surface area contributed by atoms with E-state index in [0.717, 1.165) is 5.52 Å². The van der Waals surface area contributed by atoms with Crippen LogP contribution in [0.5, 0.6) is 0 Å². The van der Waals surface area contributed by atoms with Gasteiger partial charge < -0.3 is 15.2 Å². The first-order chi connectivity index (χ1) is 11.5. The van der Waals surface area contributed by atoms with Crippen molar-refractivity contribution >= 4 is 40.1 Å². The van der Waals surface area contributed by atoms with E-state index in [0.29, 0.717) is 22.1 Å². The number of imidazole rings is 1. The topological polar surface area (TPSA) is 76.0 Å². The Morgan fingerprint density at radius 2 is 1.92 bits per heavy atom. The quantitative estimate of drug-likeness (QED) is 0.765. The third-order valence-electron chi connectivity index (χ3n) is 3.56. The van der Waals surface area contributed by atoms with E-state index >= 15 is 0 Å². The van der Waals surface area contributed by atoms with E-state index in [2.05, 4.69) is 15.6 Å². The molecular formula is C17H15ClN4O2. The monoisotopic (exact) mass is 342 g/mol. The Kier molecular flexibility index (Phi) is 4.48. The Morgan fingerprint density at radius 1 is 1.17 bits per heavy atom. The van der Waals surface area contributed by atoms with Gasteiger partial charge in [0, 0.05) is 18.3 Å². The summed E-state index contributed by atoms with van der Waals surface area (Å²) in [6.07, 6.45) is 0. The fraction of sp³-hybridized carbons (Fsp3) is 0.118. The van der Waals surface area contributed by atoms with Gasteiger partial charge in [0.15, 0.2) is 0 Å². The van der Waals surface area contributed by atoms with E-state index in [1.165, 1.54) is 0 Å². The first-order valence-electron chi connectivity index (χ1n) is 7.29. The number of rotatable bonds is 4. The molecule has 2 amide bonds. The van der Waals surface area contributed by atoms with Gasteiger partial charge in [-0.2, -0.15) is 0 Å². The van der Waals surface area contributed by atoms with E-state index < -0.39 is 0 Å². The Labute approximate surface area is 143 Å². The first-order valence-corrected chi connectivity index (χ1v) is 7.67. The summed E-state index contributed by atoms with van der Waals surface area (Å²) in [6.45, 7) is -0.113. The minimum atomic E-state index is -0.336. The number of aromatic nitrogens is 2. The van der Waals surface area contributed by atoms with Gasteiger partial charge >= 0.3 is 0 Å². The molecule has 0 unspecified atom stereocenters. The van der Waals surface area contributed by atoms with E-state index in [1.54, 1.807) is 41.9 Å². The van der Waals surface area contributed by atoms with Crippen molar-refractivity contribution < 1.29 is 9.59 Å². The lowest BCUT2D eigenvalue weighted by molar-refractivity contribution is -0.115. The summed E-state index contributed by atoms with van der Waals surface area (Å²) in [5.74, 6) is -0.628. The van der Waals surface area contributed by atoms with Crippen molar-refractivity contribution in [2.45, 2.75) is 0 Å². The minimum Gasteiger partial charge on any atom is -0.343 e. The third kappa shape index (κ3) is 3.38. The summed E-state index contributed by atoms with van der Waals surface area (Å²) in [5, 5.41) is 5.65. The van der Waals surface area contributed by atoms with Gasteiger partial charge in [0.1, 0.15) is 0 Å². The van der Waals surface area contributed by atoms with Crippen molar-refractivity contribution in [2.75, 3.05) is 11.9 Å². The van der Waals surface area contributed by atoms with Gasteiger partial charge in [-0.15, -0.1) is 0 Å². The molecule has 0 aliphatic rings. The number of nitrogens with one attached hydrogen (secondary N) is 2. The highest BCUT2D eigenvalue weighted by Crippen LogP contribution is 2.19. The number of benzene rings is 2. The number of halogens is 1. The summed E-state index contributed by atoms with van der Waals surface area (Å²) < 4.78 is 1.69. The molecule has 1 aromatic heterocycles. The van der Waals surface area contributed by atoms with E-state index in [4.69, 9.17) is 11.6 Å². The molecule has 3 aromatic rings. The molecular weight excluding hydrogens is 328 g/mol. The van der Waals surface area contributed by atoms with Crippen LogP contribution in [0.3, 0.4) is 0 Å². The number of hydrogen-bond acceptors (Lipinski definition) is 3. The molecule has 0 radical (unpaired) electrons. The largest absolute Gasteiger partial charge is 0.343 e. The van der Waals surface area contributed by atoms with Crippen molar-refractivity contribution in [1.29, 1.82) is 0 Å². The number of nitrogens with zero attached hydrogens (tertiary/aromatic N) is 2. The minimum absolute atomic E-state index is 0.113. The van der Waals surface area contributed by atoms with Gasteiger partial charge in [-0.3, -0.25) is 9.59 Å². The zero-order valence-corrected chi connectivity index (χ0v) is 13.7. The fourth-order valence-electron chi connectivity index (χ4n) is 2.29. The number of carbonyl (C=O) groups is 2. The second kappa shape index (κ2) is 6.72. The lowest BCUT2D eigenvalue weighted by atomic mass is 10.2. The van der Waals surface area contributed by atoms with Crippen LogP contribution in [0.4, 0.5) is 5.69 Å². The van der Waals surface area contributed by atoms with Gasteiger partial charge in [0.2, 0.25) is 11.2 Å². The van der Waals surface area contributed by atoms with Crippen LogP contribution >= 0.6 is 11.6 Å². The summed E-state index contributed by atoms with van der Waals surface area (Å²) in [6, 6.07) is 14.1. The van der Waals surface area contributed by atoms with Crippen LogP contribution in [0.1, 0.15) is 10.4 Å². The van der Waals surface area contributed by atoms with Crippen LogP contribution < -0.4 is 10.6 Å². The van der Waals surface area contributed by atoms with Gasteiger partial charge in [-0.1, -0.05) is 18.2 Å². The molecule has 0 atom stereocenters. The summed E-state index contributed by atoms with van der Waals surface area (Å²) in [7, 11) is 1.77. The van der Waals surface area contributed by atoms with Crippen LogP contribution in [-0.4, -0.2) is 27.9 Å². The number of amides is 2. The van der Waals surface area contributed by atoms with Crippen LogP contribution in [0.25, 0.3) is 11.0 Å². The zero-order chi connectivity index (χ0) is 17.1. The maximum Gasteiger partial charge on any atom is 0.251 e. The number of aryl methyl sites for hydroxylation is 1. The van der Waals surface area contributed by atoms with E-state index in [9.17, 15) is 9.59 Å². The van der Waals surface area contributed by atoms with E-state index in [1.807, 2.05) is 18.2 Å². The van der Waals surface area contributed by atoms with Crippen molar-refractivity contribution in [1.82, 2.24) is 14.9 Å². The summed E-state index contributed by atoms with van der Waals surface area (Å²) >= 11 is 5.96. The van der Waals surface area contributed by atoms with Crippen LogP contribution in [0, 0.1) is 0 Å². The number of hydrogen-bond donors (Lipinski definition) is 2. The lowest BCUT2D eigenvalue weighted by Crippen LogP contribution is -2.32. The molecule has 122 valence electrons. The Morgan fingerprint density at radius 3 is 2.67 bits per heavy atom. The van der Waals surface area contributed by atoms with Crippen LogP contribution in [0.15, 0.2) is 48.5 Å². The van der Waals surface area contributed by atoms with Gasteiger partial charge in [-0.05, 0) is 41.9 Å². The third-order valence-corrected chi connectivity index (χ3v) is 3.89. The molecule has 0 aliphatic heterocycles. The van der Waals surface area contributed by atoms with E-state index in [-0.39, 0.29) is 18.4 Å². The smallest absolute Gasteiger partial charge is 0.251 e. The van der Waals surface area contributed by atoms with Crippen molar-refractivity contribution in [3.8, 4) is 0 Å². The molecule has 2 aromatic carbocycles. The molecule has 24 heavy (non-hydrogen) atoms. The maximum atomic E-state index is 12.2. The number of anilines is 1. The number of para-hydroxylation sites is 1. The molecule has 0 aliphatic carbocycles. The normalized spacial score (nSPS) is 10.6. The number of fused-ring (bicyclic) bond motifs is 1. The molecule has 1 heterocycles. The SMILES string of the molecule is Cn1c(Cl)nc2ccc(C(=O)NCC(=O)Nc3ccccc3)cc21. The highest BCUT2D eigenvalue weighted by Gasteiger charge is 2.12. The van der Waals surface area contributed by atoms with Crippen molar-refractivity contribution in [3.63, 3.8) is 0 Å². The fourth-order valence-corrected chi connectivity index (χ4v) is 2.47. The highest BCUT2D eigenvalue weighted by atomic mass is 35.5. The summed E-state index contributed by atoms with van der Waals surface area (Å²) in [5.41, 5.74) is 2.58. The molecule has 0 fully saturated rings. The summed E-state index contributed by atoms with van der Waals surface area (Å²) in [4.78, 5) is 28.2. The number of carbonyl (C=O) groups excluding carboxylic acids is 2. The van der Waals surface area contributed by atoms with Crippen molar-refractivity contribution in [3.05, 3.63) is 59.4 Å². The van der Waals surface area contributed by atoms with Crippen molar-refractivity contribution in [2.24, 2.45) is 7.05 Å². The average molecular weight is 343 g/mol. The maximum absolute atomic E-state index is 12.2. The second-order valence-electron chi connectivity index (χ2n) is 5.24. The highest BCUT2D eigenvalue weighted by molar-refractivity contribution is 6.29.